The van der Waals surface area contributed by atoms with Crippen LogP contribution in [0.15, 0.2) is 67.0 Å². The molecule has 0 aliphatic rings. The molecule has 1 unspecified atom stereocenters. The minimum atomic E-state index is -4.37. The van der Waals surface area contributed by atoms with Crippen molar-refractivity contribution in [3.05, 3.63) is 83.9 Å². The van der Waals surface area contributed by atoms with E-state index in [2.05, 4.69) is 15.6 Å². The van der Waals surface area contributed by atoms with Gasteiger partial charge in [-0.1, -0.05) is 42.5 Å². The second kappa shape index (κ2) is 11.0. The Bertz CT molecular complexity index is 1120. The molecule has 0 spiro atoms. The maximum atomic E-state index is 12.8. The number of alkyl halides is 3. The van der Waals surface area contributed by atoms with Gasteiger partial charge in [-0.2, -0.15) is 13.2 Å². The molecule has 10 heteroatoms. The third-order valence-electron chi connectivity index (χ3n) is 5.07. The van der Waals surface area contributed by atoms with Gasteiger partial charge in [0, 0.05) is 12.4 Å². The summed E-state index contributed by atoms with van der Waals surface area (Å²) in [5.74, 6) is -0.551. The molecule has 3 aromatic rings. The summed E-state index contributed by atoms with van der Waals surface area (Å²) < 4.78 is 39.1. The molecule has 34 heavy (non-hydrogen) atoms. The molecule has 180 valence electrons. The van der Waals surface area contributed by atoms with Crippen LogP contribution >= 0.6 is 0 Å². The molecular weight excluding hydrogens is 447 g/mol. The number of carbonyl (C=O) groups is 2. The first-order valence-electron chi connectivity index (χ1n) is 10.6. The molecule has 0 saturated heterocycles. The van der Waals surface area contributed by atoms with Gasteiger partial charge in [0.05, 0.1) is 30.4 Å². The second-order valence-corrected chi connectivity index (χ2v) is 7.96. The van der Waals surface area contributed by atoms with E-state index in [0.717, 1.165) is 10.1 Å². The van der Waals surface area contributed by atoms with E-state index in [-0.39, 0.29) is 30.9 Å². The molecule has 2 amide bonds. The predicted octanol–water partition coefficient (Wildman–Crippen LogP) is 4.01. The van der Waals surface area contributed by atoms with Crippen LogP contribution in [0.5, 0.6) is 0 Å². The minimum Gasteiger partial charge on any atom is -0.345 e. The molecule has 3 rings (SSSR count). The standard InChI is InChI=1S/C24H26F3N5O2/c1-17(18-8-4-3-5-9-18)29-23(34)19-10-6-7-11-20(19)30-22(33)15-31(2)14-21-28-12-13-32(21)16-24(25,26)27/h3-13,17H,14-16H2,1-2H3,(H,29,34)(H,30,33). The number of aromatic nitrogens is 2. The van der Waals surface area contributed by atoms with Crippen LogP contribution < -0.4 is 10.6 Å². The highest BCUT2D eigenvalue weighted by Gasteiger charge is 2.29. The normalized spacial score (nSPS) is 12.4. The fourth-order valence-electron chi connectivity index (χ4n) is 3.45. The summed E-state index contributed by atoms with van der Waals surface area (Å²) in [6, 6.07) is 15.9. The number of nitrogens with one attached hydrogen (secondary N) is 2. The van der Waals surface area contributed by atoms with Gasteiger partial charge in [0.15, 0.2) is 0 Å². The van der Waals surface area contributed by atoms with Gasteiger partial charge in [0.1, 0.15) is 12.4 Å². The number of halogens is 3. The van der Waals surface area contributed by atoms with Crippen LogP contribution in [-0.4, -0.2) is 46.0 Å². The number of nitrogens with zero attached hydrogens (tertiary/aromatic N) is 3. The van der Waals surface area contributed by atoms with Gasteiger partial charge >= 0.3 is 6.18 Å². The highest BCUT2D eigenvalue weighted by Crippen LogP contribution is 2.20. The number of anilines is 1. The number of likely N-dealkylation sites (N-methyl/N-ethyl adjacent to an activating group) is 1. The Balaban J connectivity index is 1.60. The van der Waals surface area contributed by atoms with E-state index in [1.165, 1.54) is 12.4 Å². The fraction of sp³-hybridized carbons (Fsp3) is 0.292. The molecule has 0 aliphatic carbocycles. The predicted molar refractivity (Wildman–Crippen MR) is 122 cm³/mol. The quantitative estimate of drug-likeness (QED) is 0.492. The van der Waals surface area contributed by atoms with E-state index in [0.29, 0.717) is 11.3 Å². The lowest BCUT2D eigenvalue weighted by atomic mass is 10.1. The Labute approximate surface area is 195 Å². The molecule has 2 N–H and O–H groups in total. The van der Waals surface area contributed by atoms with Gasteiger partial charge in [-0.15, -0.1) is 0 Å². The number of hydrogen-bond donors (Lipinski definition) is 2. The largest absolute Gasteiger partial charge is 0.406 e. The highest BCUT2D eigenvalue weighted by atomic mass is 19.4. The van der Waals surface area contributed by atoms with Gasteiger partial charge in [-0.3, -0.25) is 14.5 Å². The van der Waals surface area contributed by atoms with Gasteiger partial charge < -0.3 is 15.2 Å². The summed E-state index contributed by atoms with van der Waals surface area (Å²) in [6.45, 7) is 0.667. The molecule has 0 bridgehead atoms. The zero-order valence-electron chi connectivity index (χ0n) is 18.8. The van der Waals surface area contributed by atoms with Crippen molar-refractivity contribution in [2.45, 2.75) is 32.2 Å². The Morgan fingerprint density at radius 3 is 2.47 bits per heavy atom. The van der Waals surface area contributed by atoms with Crippen LogP contribution in [0.1, 0.15) is 34.7 Å². The van der Waals surface area contributed by atoms with Crippen molar-refractivity contribution in [3.8, 4) is 0 Å². The summed E-state index contributed by atoms with van der Waals surface area (Å²) in [5.41, 5.74) is 1.60. The van der Waals surface area contributed by atoms with Crippen LogP contribution in [0.3, 0.4) is 0 Å². The number of para-hydroxylation sites is 1. The van der Waals surface area contributed by atoms with Crippen LogP contribution in [0.25, 0.3) is 0 Å². The Morgan fingerprint density at radius 2 is 1.76 bits per heavy atom. The molecule has 2 aromatic carbocycles. The molecule has 0 aliphatic heterocycles. The second-order valence-electron chi connectivity index (χ2n) is 7.96. The summed E-state index contributed by atoms with van der Waals surface area (Å²) in [4.78, 5) is 30.9. The third kappa shape index (κ3) is 7.17. The van der Waals surface area contributed by atoms with Crippen LogP contribution in [0, 0.1) is 0 Å². The van der Waals surface area contributed by atoms with Crippen molar-refractivity contribution < 1.29 is 22.8 Å². The SMILES string of the molecule is CC(NC(=O)c1ccccc1NC(=O)CN(C)Cc1nccn1CC(F)(F)F)c1ccccc1. The van der Waals surface area contributed by atoms with Crippen LogP contribution in [0.4, 0.5) is 18.9 Å². The molecule has 0 radical (unpaired) electrons. The zero-order chi connectivity index (χ0) is 24.7. The maximum Gasteiger partial charge on any atom is 0.406 e. The van der Waals surface area contributed by atoms with E-state index in [9.17, 15) is 22.8 Å². The third-order valence-corrected chi connectivity index (χ3v) is 5.07. The molecule has 0 saturated carbocycles. The monoisotopic (exact) mass is 473 g/mol. The number of amides is 2. The lowest BCUT2D eigenvalue weighted by Crippen LogP contribution is -2.32. The number of hydrogen-bond acceptors (Lipinski definition) is 4. The van der Waals surface area contributed by atoms with Crippen molar-refractivity contribution in [2.75, 3.05) is 18.9 Å². The number of carbonyl (C=O) groups excluding carboxylic acids is 2. The van der Waals surface area contributed by atoms with Gasteiger partial charge in [-0.05, 0) is 31.7 Å². The molecule has 1 heterocycles. The smallest absolute Gasteiger partial charge is 0.345 e. The minimum absolute atomic E-state index is 0.0488. The number of rotatable bonds is 9. The number of imidazole rings is 1. The Morgan fingerprint density at radius 1 is 1.09 bits per heavy atom. The average molecular weight is 473 g/mol. The topological polar surface area (TPSA) is 79.3 Å². The van der Waals surface area contributed by atoms with Crippen LogP contribution in [-0.2, 0) is 17.9 Å². The van der Waals surface area contributed by atoms with Crippen molar-refractivity contribution in [1.82, 2.24) is 19.8 Å². The van der Waals surface area contributed by atoms with Crippen LogP contribution in [0.2, 0.25) is 0 Å². The van der Waals surface area contributed by atoms with Gasteiger partial charge in [0.2, 0.25) is 5.91 Å². The lowest BCUT2D eigenvalue weighted by molar-refractivity contribution is -0.141. The van der Waals surface area contributed by atoms with Crippen molar-refractivity contribution in [3.63, 3.8) is 0 Å². The molecular formula is C24H26F3N5O2. The summed E-state index contributed by atoms with van der Waals surface area (Å²) in [7, 11) is 1.60. The van der Waals surface area contributed by atoms with E-state index in [4.69, 9.17) is 0 Å². The highest BCUT2D eigenvalue weighted by molar-refractivity contribution is 6.04. The van der Waals surface area contributed by atoms with Gasteiger partial charge in [-0.25, -0.2) is 4.98 Å². The molecule has 0 fully saturated rings. The first kappa shape index (κ1) is 25.0. The Kier molecular flexibility index (Phi) is 8.06. The Hall–Kier alpha value is -3.66. The van der Waals surface area contributed by atoms with E-state index in [1.54, 1.807) is 36.2 Å². The van der Waals surface area contributed by atoms with Crippen molar-refractivity contribution in [1.29, 1.82) is 0 Å². The zero-order valence-corrected chi connectivity index (χ0v) is 18.8. The van der Waals surface area contributed by atoms with Gasteiger partial charge in [0.25, 0.3) is 5.91 Å². The van der Waals surface area contributed by atoms with E-state index in [1.807, 2.05) is 37.3 Å². The summed E-state index contributed by atoms with van der Waals surface area (Å²) in [6.07, 6.45) is -1.82. The van der Waals surface area contributed by atoms with E-state index >= 15 is 0 Å². The molecule has 1 aromatic heterocycles. The maximum absolute atomic E-state index is 12.8. The lowest BCUT2D eigenvalue weighted by Gasteiger charge is -2.19. The average Bonchev–Trinajstić information content (AvgIpc) is 3.19. The fourth-order valence-corrected chi connectivity index (χ4v) is 3.45. The molecule has 7 nitrogen and oxygen atoms in total. The summed E-state index contributed by atoms with van der Waals surface area (Å²) >= 11 is 0. The summed E-state index contributed by atoms with van der Waals surface area (Å²) in [5, 5.41) is 5.64. The number of benzene rings is 2. The first-order valence-corrected chi connectivity index (χ1v) is 10.6. The van der Waals surface area contributed by atoms with E-state index < -0.39 is 18.6 Å². The van der Waals surface area contributed by atoms with Crippen molar-refractivity contribution in [2.24, 2.45) is 0 Å². The molecule has 1 atom stereocenters. The first-order chi connectivity index (χ1) is 16.1. The van der Waals surface area contributed by atoms with Crippen molar-refractivity contribution >= 4 is 17.5 Å².